The number of carboxylic acids is 1. The summed E-state index contributed by atoms with van der Waals surface area (Å²) >= 11 is 1.40. The lowest BCUT2D eigenvalue weighted by Crippen LogP contribution is -2.51. The van der Waals surface area contributed by atoms with Gasteiger partial charge in [-0.15, -0.1) is 11.8 Å². The summed E-state index contributed by atoms with van der Waals surface area (Å²) in [6.45, 7) is 0.464. The van der Waals surface area contributed by atoms with Gasteiger partial charge in [0.15, 0.2) is 0 Å². The smallest absolute Gasteiger partial charge is 0.328 e. The van der Waals surface area contributed by atoms with Gasteiger partial charge in [-0.2, -0.15) is 0 Å². The molecule has 2 saturated heterocycles. The molecule has 0 bridgehead atoms. The summed E-state index contributed by atoms with van der Waals surface area (Å²) < 4.78 is 4.68. The number of amides is 2. The molecule has 0 aromatic rings. The number of carboxylic acid groups (broad SMARTS) is 1. The van der Waals surface area contributed by atoms with Crippen molar-refractivity contribution in [2.45, 2.75) is 24.9 Å². The lowest BCUT2D eigenvalue weighted by Gasteiger charge is -2.29. The molecule has 2 atom stereocenters. The lowest BCUT2D eigenvalue weighted by molar-refractivity contribution is -0.145. The Labute approximate surface area is 114 Å². The Bertz CT molecular complexity index is 403. The Morgan fingerprint density at radius 1 is 1.26 bits per heavy atom. The van der Waals surface area contributed by atoms with Crippen LogP contribution in [0.1, 0.15) is 12.8 Å². The molecule has 2 rings (SSSR count). The van der Waals surface area contributed by atoms with E-state index in [1.54, 1.807) is 0 Å². The molecule has 19 heavy (non-hydrogen) atoms. The maximum absolute atomic E-state index is 12.4. The molecule has 0 radical (unpaired) electrons. The summed E-state index contributed by atoms with van der Waals surface area (Å²) in [6, 6.07) is -1.78. The van der Waals surface area contributed by atoms with Crippen LogP contribution in [0.2, 0.25) is 0 Å². The minimum absolute atomic E-state index is 0.347. The minimum atomic E-state index is -1.01. The molecule has 106 valence electrons. The first-order valence-electron chi connectivity index (χ1n) is 6.02. The van der Waals surface area contributed by atoms with Gasteiger partial charge in [0.05, 0.1) is 13.0 Å². The first-order valence-corrected chi connectivity index (χ1v) is 7.17. The van der Waals surface area contributed by atoms with E-state index in [9.17, 15) is 14.4 Å². The zero-order chi connectivity index (χ0) is 14.0. The number of carbonyl (C=O) groups is 3. The Hall–Kier alpha value is -1.44. The maximum atomic E-state index is 12.4. The standard InChI is InChI=1S/C11H16N2O5S/c1-18-10(16)7-3-2-4-12(7)11(17)13-6-19-5-8(13)9(14)15/h7-8H,2-6H2,1H3,(H,14,15)/t7?,8-/m0/s1. The number of methoxy groups -OCH3 is 1. The van der Waals surface area contributed by atoms with Gasteiger partial charge >= 0.3 is 18.0 Å². The Morgan fingerprint density at radius 2 is 2.00 bits per heavy atom. The van der Waals surface area contributed by atoms with Crippen LogP contribution in [0.15, 0.2) is 0 Å². The summed E-state index contributed by atoms with van der Waals surface area (Å²) in [4.78, 5) is 37.8. The highest BCUT2D eigenvalue weighted by Gasteiger charge is 2.42. The highest BCUT2D eigenvalue weighted by atomic mass is 32.2. The second-order valence-electron chi connectivity index (χ2n) is 4.48. The second-order valence-corrected chi connectivity index (χ2v) is 5.48. The normalized spacial score (nSPS) is 26.6. The molecule has 0 aromatic heterocycles. The van der Waals surface area contributed by atoms with Crippen LogP contribution in [-0.4, -0.2) is 70.2 Å². The van der Waals surface area contributed by atoms with Gasteiger partial charge in [-0.25, -0.2) is 14.4 Å². The number of urea groups is 1. The zero-order valence-electron chi connectivity index (χ0n) is 10.6. The monoisotopic (exact) mass is 288 g/mol. The van der Waals surface area contributed by atoms with Crippen LogP contribution in [0.25, 0.3) is 0 Å². The van der Waals surface area contributed by atoms with Crippen molar-refractivity contribution >= 4 is 29.7 Å². The third kappa shape index (κ3) is 2.63. The van der Waals surface area contributed by atoms with Crippen LogP contribution in [0.4, 0.5) is 4.79 Å². The number of thioether (sulfide) groups is 1. The number of hydrogen-bond acceptors (Lipinski definition) is 5. The van der Waals surface area contributed by atoms with Crippen molar-refractivity contribution in [3.8, 4) is 0 Å². The number of ether oxygens (including phenoxy) is 1. The molecule has 0 spiro atoms. The molecule has 0 aliphatic carbocycles. The lowest BCUT2D eigenvalue weighted by atomic mass is 10.2. The fourth-order valence-corrected chi connectivity index (χ4v) is 3.52. The first kappa shape index (κ1) is 14.0. The quantitative estimate of drug-likeness (QED) is 0.731. The van der Waals surface area contributed by atoms with E-state index < -0.39 is 24.0 Å². The fraction of sp³-hybridized carbons (Fsp3) is 0.727. The van der Waals surface area contributed by atoms with Crippen LogP contribution in [0.3, 0.4) is 0 Å². The summed E-state index contributed by atoms with van der Waals surface area (Å²) in [5.74, 6) is -0.713. The van der Waals surface area contributed by atoms with Crippen LogP contribution in [0.5, 0.6) is 0 Å². The van der Waals surface area contributed by atoms with Crippen molar-refractivity contribution in [2.24, 2.45) is 0 Å². The molecule has 1 N–H and O–H groups in total. The molecule has 2 fully saturated rings. The SMILES string of the molecule is COC(=O)C1CCCN1C(=O)N1CSC[C@H]1C(=O)O. The van der Waals surface area contributed by atoms with Gasteiger partial charge in [0.1, 0.15) is 12.1 Å². The second kappa shape index (κ2) is 5.68. The molecule has 2 aliphatic rings. The predicted octanol–water partition coefficient (Wildman–Crippen LogP) is 0.203. The van der Waals surface area contributed by atoms with E-state index in [0.29, 0.717) is 24.6 Å². The summed E-state index contributed by atoms with van der Waals surface area (Å²) in [6.07, 6.45) is 1.29. The van der Waals surface area contributed by atoms with Gasteiger partial charge in [-0.05, 0) is 12.8 Å². The number of rotatable bonds is 2. The number of hydrogen-bond donors (Lipinski definition) is 1. The van der Waals surface area contributed by atoms with Crippen molar-refractivity contribution in [1.29, 1.82) is 0 Å². The average Bonchev–Trinajstić information content (AvgIpc) is 3.05. The van der Waals surface area contributed by atoms with Crippen molar-refractivity contribution < 1.29 is 24.2 Å². The van der Waals surface area contributed by atoms with E-state index >= 15 is 0 Å². The molecule has 1 unspecified atom stereocenters. The van der Waals surface area contributed by atoms with E-state index in [4.69, 9.17) is 5.11 Å². The van der Waals surface area contributed by atoms with E-state index in [2.05, 4.69) is 4.74 Å². The zero-order valence-corrected chi connectivity index (χ0v) is 11.4. The number of aliphatic carboxylic acids is 1. The Morgan fingerprint density at radius 3 is 2.63 bits per heavy atom. The molecular weight excluding hydrogens is 272 g/mol. The van der Waals surface area contributed by atoms with E-state index in [1.807, 2.05) is 0 Å². The molecule has 0 aromatic carbocycles. The van der Waals surface area contributed by atoms with Crippen LogP contribution < -0.4 is 0 Å². The molecular formula is C11H16N2O5S. The topological polar surface area (TPSA) is 87.2 Å². The van der Waals surface area contributed by atoms with E-state index in [0.717, 1.165) is 6.42 Å². The van der Waals surface area contributed by atoms with Gasteiger partial charge in [0.25, 0.3) is 0 Å². The van der Waals surface area contributed by atoms with Crippen LogP contribution in [0, 0.1) is 0 Å². The van der Waals surface area contributed by atoms with E-state index in [1.165, 1.54) is 28.7 Å². The average molecular weight is 288 g/mol. The van der Waals surface area contributed by atoms with E-state index in [-0.39, 0.29) is 6.03 Å². The van der Waals surface area contributed by atoms with Crippen LogP contribution in [-0.2, 0) is 14.3 Å². The minimum Gasteiger partial charge on any atom is -0.480 e. The van der Waals surface area contributed by atoms with Crippen molar-refractivity contribution in [1.82, 2.24) is 9.80 Å². The van der Waals surface area contributed by atoms with Gasteiger partial charge in [0.2, 0.25) is 0 Å². The van der Waals surface area contributed by atoms with Crippen LogP contribution >= 0.6 is 11.8 Å². The highest BCUT2D eigenvalue weighted by Crippen LogP contribution is 2.26. The highest BCUT2D eigenvalue weighted by molar-refractivity contribution is 7.99. The number of nitrogens with zero attached hydrogens (tertiary/aromatic N) is 2. The molecule has 8 heteroatoms. The maximum Gasteiger partial charge on any atom is 0.328 e. The molecule has 7 nitrogen and oxygen atoms in total. The van der Waals surface area contributed by atoms with Gasteiger partial charge in [0, 0.05) is 12.3 Å². The predicted molar refractivity (Wildman–Crippen MR) is 67.7 cm³/mol. The summed E-state index contributed by atoms with van der Waals surface area (Å²) in [5, 5.41) is 9.08. The van der Waals surface area contributed by atoms with Gasteiger partial charge < -0.3 is 19.6 Å². The summed E-state index contributed by atoms with van der Waals surface area (Å²) in [5.41, 5.74) is 0. The molecule has 2 aliphatic heterocycles. The van der Waals surface area contributed by atoms with Crippen molar-refractivity contribution in [3.05, 3.63) is 0 Å². The number of likely N-dealkylation sites (tertiary alicyclic amines) is 1. The fourth-order valence-electron chi connectivity index (χ4n) is 2.38. The largest absolute Gasteiger partial charge is 0.480 e. The molecule has 2 amide bonds. The molecule has 0 saturated carbocycles. The van der Waals surface area contributed by atoms with Crippen molar-refractivity contribution in [2.75, 3.05) is 25.3 Å². The van der Waals surface area contributed by atoms with Gasteiger partial charge in [-0.1, -0.05) is 0 Å². The summed E-state index contributed by atoms with van der Waals surface area (Å²) in [7, 11) is 1.29. The number of carbonyl (C=O) groups excluding carboxylic acids is 2. The Kier molecular flexibility index (Phi) is 4.18. The molecule has 2 heterocycles. The third-order valence-corrected chi connectivity index (χ3v) is 4.40. The number of esters is 1. The third-order valence-electron chi connectivity index (χ3n) is 3.38. The first-order chi connectivity index (χ1) is 9.06. The Balaban J connectivity index is 2.10. The van der Waals surface area contributed by atoms with Gasteiger partial charge in [-0.3, -0.25) is 0 Å². The van der Waals surface area contributed by atoms with Crippen molar-refractivity contribution in [3.63, 3.8) is 0 Å².